The molecule has 2 heterocycles. The molecule has 154 valence electrons. The van der Waals surface area contributed by atoms with Crippen molar-refractivity contribution < 1.29 is 18.7 Å². The highest BCUT2D eigenvalue weighted by molar-refractivity contribution is 6.30. The predicted molar refractivity (Wildman–Crippen MR) is 113 cm³/mol. The highest BCUT2D eigenvalue weighted by atomic mass is 35.5. The van der Waals surface area contributed by atoms with Gasteiger partial charge in [0.2, 0.25) is 0 Å². The number of carbonyl (C=O) groups excluding carboxylic acids is 2. The van der Waals surface area contributed by atoms with Crippen LogP contribution in [0.25, 0.3) is 11.0 Å². The molecular formula is C23H20ClNO5. The van der Waals surface area contributed by atoms with Gasteiger partial charge in [0.25, 0.3) is 5.91 Å². The Morgan fingerprint density at radius 3 is 2.47 bits per heavy atom. The van der Waals surface area contributed by atoms with Crippen LogP contribution in [0.15, 0.2) is 57.7 Å². The summed E-state index contributed by atoms with van der Waals surface area (Å²) in [6, 6.07) is 13.2. The first-order valence-electron chi connectivity index (χ1n) is 9.72. The number of halogens is 1. The zero-order valence-electron chi connectivity index (χ0n) is 16.4. The molecule has 0 bridgehead atoms. The van der Waals surface area contributed by atoms with E-state index >= 15 is 0 Å². The fourth-order valence-electron chi connectivity index (χ4n) is 3.66. The largest absolute Gasteiger partial charge is 0.426 e. The van der Waals surface area contributed by atoms with E-state index in [9.17, 15) is 14.4 Å². The number of aryl methyl sites for hydroxylation is 1. The summed E-state index contributed by atoms with van der Waals surface area (Å²) in [5.41, 5.74) is 1.32. The van der Waals surface area contributed by atoms with Gasteiger partial charge in [-0.15, -0.1) is 0 Å². The number of rotatable bonds is 3. The van der Waals surface area contributed by atoms with E-state index in [-0.39, 0.29) is 17.8 Å². The highest BCUT2D eigenvalue weighted by Gasteiger charge is 2.29. The molecule has 3 aromatic rings. The molecule has 0 saturated carbocycles. The van der Waals surface area contributed by atoms with Gasteiger partial charge in [0.15, 0.2) is 0 Å². The van der Waals surface area contributed by atoms with E-state index in [1.54, 1.807) is 47.4 Å². The summed E-state index contributed by atoms with van der Waals surface area (Å²) in [7, 11) is 0. The van der Waals surface area contributed by atoms with E-state index in [1.165, 1.54) is 6.07 Å². The molecule has 0 N–H and O–H groups in total. The van der Waals surface area contributed by atoms with E-state index < -0.39 is 5.63 Å². The first-order chi connectivity index (χ1) is 14.4. The zero-order chi connectivity index (χ0) is 21.3. The second kappa shape index (κ2) is 8.32. The number of amides is 1. The van der Waals surface area contributed by atoms with Crippen LogP contribution in [-0.2, 0) is 4.79 Å². The van der Waals surface area contributed by atoms with Gasteiger partial charge in [-0.05, 0) is 61.7 Å². The summed E-state index contributed by atoms with van der Waals surface area (Å²) in [6.45, 7) is 2.78. The number of piperidine rings is 1. The number of hydrogen-bond donors (Lipinski definition) is 0. The Morgan fingerprint density at radius 2 is 1.77 bits per heavy atom. The van der Waals surface area contributed by atoms with Crippen molar-refractivity contribution in [2.75, 3.05) is 13.1 Å². The number of ether oxygens (including phenoxy) is 1. The molecule has 0 aliphatic carbocycles. The molecule has 1 saturated heterocycles. The van der Waals surface area contributed by atoms with Crippen molar-refractivity contribution >= 4 is 34.4 Å². The Bertz CT molecular complexity index is 1160. The molecule has 0 unspecified atom stereocenters. The second-order valence-electron chi connectivity index (χ2n) is 7.40. The standard InChI is InChI=1S/C23H20ClNO5/c1-14-12-21(26)30-20-13-18(6-7-19(14)20)29-23(28)16-8-10-25(11-9-16)22(27)15-2-4-17(24)5-3-15/h2-7,12-13,16H,8-11H2,1H3. The highest BCUT2D eigenvalue weighted by Crippen LogP contribution is 2.25. The topological polar surface area (TPSA) is 76.8 Å². The smallest absolute Gasteiger partial charge is 0.336 e. The van der Waals surface area contributed by atoms with Gasteiger partial charge in [0, 0.05) is 41.2 Å². The third kappa shape index (κ3) is 4.24. The summed E-state index contributed by atoms with van der Waals surface area (Å²) < 4.78 is 10.7. The Hall–Kier alpha value is -3.12. The molecule has 0 atom stereocenters. The van der Waals surface area contributed by atoms with Crippen LogP contribution < -0.4 is 10.4 Å². The van der Waals surface area contributed by atoms with E-state index in [4.69, 9.17) is 20.8 Å². The summed E-state index contributed by atoms with van der Waals surface area (Å²) in [4.78, 5) is 38.5. The van der Waals surface area contributed by atoms with Gasteiger partial charge in [-0.1, -0.05) is 11.6 Å². The van der Waals surface area contributed by atoms with Crippen LogP contribution in [0.2, 0.25) is 5.02 Å². The lowest BCUT2D eigenvalue weighted by Gasteiger charge is -2.31. The first kappa shape index (κ1) is 20.2. The third-order valence-corrected chi connectivity index (χ3v) is 5.60. The molecule has 1 amide bonds. The van der Waals surface area contributed by atoms with Crippen LogP contribution in [-0.4, -0.2) is 29.9 Å². The van der Waals surface area contributed by atoms with Crippen molar-refractivity contribution in [2.24, 2.45) is 5.92 Å². The van der Waals surface area contributed by atoms with Crippen molar-refractivity contribution in [3.05, 3.63) is 75.1 Å². The lowest BCUT2D eigenvalue weighted by molar-refractivity contribution is -0.140. The third-order valence-electron chi connectivity index (χ3n) is 5.35. The minimum Gasteiger partial charge on any atom is -0.426 e. The molecule has 1 fully saturated rings. The minimum absolute atomic E-state index is 0.0709. The molecule has 2 aromatic carbocycles. The van der Waals surface area contributed by atoms with Crippen LogP contribution in [0, 0.1) is 12.8 Å². The molecule has 0 spiro atoms. The molecular weight excluding hydrogens is 406 g/mol. The van der Waals surface area contributed by atoms with Crippen molar-refractivity contribution in [2.45, 2.75) is 19.8 Å². The van der Waals surface area contributed by atoms with Crippen molar-refractivity contribution in [1.29, 1.82) is 0 Å². The number of esters is 1. The Kier molecular flexibility index (Phi) is 5.59. The van der Waals surface area contributed by atoms with Gasteiger partial charge in [0.05, 0.1) is 5.92 Å². The summed E-state index contributed by atoms with van der Waals surface area (Å²) in [5, 5.41) is 1.37. The maximum Gasteiger partial charge on any atom is 0.336 e. The first-order valence-corrected chi connectivity index (χ1v) is 10.1. The van der Waals surface area contributed by atoms with Gasteiger partial charge in [0.1, 0.15) is 11.3 Å². The van der Waals surface area contributed by atoms with Crippen LogP contribution in [0.5, 0.6) is 5.75 Å². The van der Waals surface area contributed by atoms with E-state index in [1.807, 2.05) is 6.92 Å². The lowest BCUT2D eigenvalue weighted by atomic mass is 9.96. The molecule has 6 nitrogen and oxygen atoms in total. The Morgan fingerprint density at radius 1 is 1.07 bits per heavy atom. The number of nitrogens with zero attached hydrogens (tertiary/aromatic N) is 1. The zero-order valence-corrected chi connectivity index (χ0v) is 17.1. The van der Waals surface area contributed by atoms with Gasteiger partial charge >= 0.3 is 11.6 Å². The van der Waals surface area contributed by atoms with E-state index in [0.717, 1.165) is 10.9 Å². The molecule has 7 heteroatoms. The molecule has 1 aliphatic heterocycles. The fraction of sp³-hybridized carbons (Fsp3) is 0.261. The van der Waals surface area contributed by atoms with Crippen LogP contribution >= 0.6 is 11.6 Å². The molecule has 4 rings (SSSR count). The number of fused-ring (bicyclic) bond motifs is 1. The van der Waals surface area contributed by atoms with Gasteiger partial charge < -0.3 is 14.1 Å². The number of hydrogen-bond acceptors (Lipinski definition) is 5. The second-order valence-corrected chi connectivity index (χ2v) is 7.84. The normalized spacial score (nSPS) is 14.7. The number of likely N-dealkylation sites (tertiary alicyclic amines) is 1. The Balaban J connectivity index is 1.38. The van der Waals surface area contributed by atoms with Gasteiger partial charge in [-0.2, -0.15) is 0 Å². The maximum absolute atomic E-state index is 12.6. The van der Waals surface area contributed by atoms with Crippen molar-refractivity contribution in [3.63, 3.8) is 0 Å². The Labute approximate surface area is 178 Å². The lowest BCUT2D eigenvalue weighted by Crippen LogP contribution is -2.41. The van der Waals surface area contributed by atoms with Crippen LogP contribution in [0.1, 0.15) is 28.8 Å². The summed E-state index contributed by atoms with van der Waals surface area (Å²) in [6.07, 6.45) is 1.06. The molecule has 30 heavy (non-hydrogen) atoms. The van der Waals surface area contributed by atoms with Gasteiger partial charge in [-0.3, -0.25) is 9.59 Å². The van der Waals surface area contributed by atoms with E-state index in [0.29, 0.717) is 47.8 Å². The molecule has 1 aliphatic rings. The van der Waals surface area contributed by atoms with Crippen molar-refractivity contribution in [1.82, 2.24) is 4.90 Å². The van der Waals surface area contributed by atoms with Crippen LogP contribution in [0.4, 0.5) is 0 Å². The molecule has 0 radical (unpaired) electrons. The fourth-order valence-corrected chi connectivity index (χ4v) is 3.79. The summed E-state index contributed by atoms with van der Waals surface area (Å²) >= 11 is 5.87. The summed E-state index contributed by atoms with van der Waals surface area (Å²) in [5.74, 6) is -0.373. The van der Waals surface area contributed by atoms with Crippen molar-refractivity contribution in [3.8, 4) is 5.75 Å². The maximum atomic E-state index is 12.6. The quantitative estimate of drug-likeness (QED) is 0.357. The van der Waals surface area contributed by atoms with Gasteiger partial charge in [-0.25, -0.2) is 4.79 Å². The average Bonchev–Trinajstić information content (AvgIpc) is 2.73. The SMILES string of the molecule is Cc1cc(=O)oc2cc(OC(=O)C3CCN(C(=O)c4ccc(Cl)cc4)CC3)ccc12. The number of benzene rings is 2. The van der Waals surface area contributed by atoms with E-state index in [2.05, 4.69) is 0 Å². The predicted octanol–water partition coefficient (Wildman–Crippen LogP) is 4.21. The minimum atomic E-state index is -0.443. The average molecular weight is 426 g/mol. The van der Waals surface area contributed by atoms with Crippen LogP contribution in [0.3, 0.4) is 0 Å². The monoisotopic (exact) mass is 425 g/mol. The molecule has 1 aromatic heterocycles. The number of carbonyl (C=O) groups is 2.